The Morgan fingerprint density at radius 3 is 2.63 bits per heavy atom. The lowest BCUT2D eigenvalue weighted by molar-refractivity contribution is -0.137. The molecule has 1 aliphatic heterocycles. The highest BCUT2D eigenvalue weighted by Crippen LogP contribution is 2.37. The molecule has 2 amide bonds. The zero-order valence-electron chi connectivity index (χ0n) is 13.8. The van der Waals surface area contributed by atoms with Gasteiger partial charge in [0.1, 0.15) is 0 Å². The van der Waals surface area contributed by atoms with Crippen LogP contribution in [0.3, 0.4) is 0 Å². The number of anilines is 1. The normalized spacial score (nSPS) is 16.4. The van der Waals surface area contributed by atoms with Crippen molar-refractivity contribution in [1.82, 2.24) is 5.32 Å². The van der Waals surface area contributed by atoms with E-state index in [1.54, 1.807) is 23.9 Å². The Labute approximate surface area is 162 Å². The molecule has 0 saturated carbocycles. The molecule has 0 spiro atoms. The van der Waals surface area contributed by atoms with Gasteiger partial charge in [0.2, 0.25) is 0 Å². The molecule has 1 aliphatic rings. The number of alkyl halides is 3. The number of halogens is 4. The van der Waals surface area contributed by atoms with Crippen molar-refractivity contribution >= 4 is 40.9 Å². The SMILES string of the molecule is O=C(Nc1cccc(C(F)(F)F)c1)C(=O)N[C@H]1CCSc2ccc(Cl)cc21. The highest BCUT2D eigenvalue weighted by atomic mass is 35.5. The summed E-state index contributed by atoms with van der Waals surface area (Å²) in [6.45, 7) is 0. The molecular weight excluding hydrogens is 401 g/mol. The Balaban J connectivity index is 1.69. The van der Waals surface area contributed by atoms with Gasteiger partial charge in [0.05, 0.1) is 11.6 Å². The highest BCUT2D eigenvalue weighted by molar-refractivity contribution is 7.99. The summed E-state index contributed by atoms with van der Waals surface area (Å²) in [4.78, 5) is 25.3. The summed E-state index contributed by atoms with van der Waals surface area (Å²) in [5, 5.41) is 5.34. The van der Waals surface area contributed by atoms with Gasteiger partial charge in [-0.1, -0.05) is 17.7 Å². The average Bonchev–Trinajstić information content (AvgIpc) is 2.61. The smallest absolute Gasteiger partial charge is 0.341 e. The van der Waals surface area contributed by atoms with Crippen LogP contribution in [0.2, 0.25) is 5.02 Å². The van der Waals surface area contributed by atoms with Gasteiger partial charge in [-0.05, 0) is 48.4 Å². The van der Waals surface area contributed by atoms with Crippen molar-refractivity contribution < 1.29 is 22.8 Å². The van der Waals surface area contributed by atoms with E-state index in [2.05, 4.69) is 10.6 Å². The Morgan fingerprint density at radius 2 is 1.89 bits per heavy atom. The second-order valence-electron chi connectivity index (χ2n) is 5.88. The Morgan fingerprint density at radius 1 is 1.11 bits per heavy atom. The van der Waals surface area contributed by atoms with Crippen LogP contribution in [-0.2, 0) is 15.8 Å². The first kappa shape index (κ1) is 19.6. The third kappa shape index (κ3) is 4.75. The number of thioether (sulfide) groups is 1. The van der Waals surface area contributed by atoms with E-state index in [0.29, 0.717) is 11.4 Å². The summed E-state index contributed by atoms with van der Waals surface area (Å²) in [5.74, 6) is -1.19. The van der Waals surface area contributed by atoms with E-state index in [0.717, 1.165) is 34.4 Å². The van der Waals surface area contributed by atoms with Crippen molar-refractivity contribution in [2.24, 2.45) is 0 Å². The molecule has 0 aliphatic carbocycles. The van der Waals surface area contributed by atoms with Crippen molar-refractivity contribution in [1.29, 1.82) is 0 Å². The molecule has 2 N–H and O–H groups in total. The first-order valence-corrected chi connectivity index (χ1v) is 9.32. The van der Waals surface area contributed by atoms with Gasteiger partial charge in [-0.15, -0.1) is 11.8 Å². The lowest BCUT2D eigenvalue weighted by atomic mass is 10.0. The number of amides is 2. The van der Waals surface area contributed by atoms with Crippen molar-refractivity contribution in [2.45, 2.75) is 23.5 Å². The van der Waals surface area contributed by atoms with Crippen LogP contribution in [0.4, 0.5) is 18.9 Å². The summed E-state index contributed by atoms with van der Waals surface area (Å²) >= 11 is 7.63. The fourth-order valence-corrected chi connectivity index (χ4v) is 3.99. The molecule has 1 atom stereocenters. The number of fused-ring (bicyclic) bond motifs is 1. The van der Waals surface area contributed by atoms with Crippen molar-refractivity contribution in [3.8, 4) is 0 Å². The lowest BCUT2D eigenvalue weighted by Crippen LogP contribution is -2.38. The minimum atomic E-state index is -4.54. The largest absolute Gasteiger partial charge is 0.416 e. The van der Waals surface area contributed by atoms with E-state index in [1.807, 2.05) is 6.07 Å². The van der Waals surface area contributed by atoms with Crippen LogP contribution in [0.25, 0.3) is 0 Å². The van der Waals surface area contributed by atoms with E-state index in [4.69, 9.17) is 11.6 Å². The average molecular weight is 415 g/mol. The fraction of sp³-hybridized carbons (Fsp3) is 0.222. The van der Waals surface area contributed by atoms with E-state index >= 15 is 0 Å². The summed E-state index contributed by atoms with van der Waals surface area (Å²) in [6, 6.07) is 9.05. The van der Waals surface area contributed by atoms with Gasteiger partial charge >= 0.3 is 18.0 Å². The third-order valence-electron chi connectivity index (χ3n) is 3.97. The summed E-state index contributed by atoms with van der Waals surface area (Å²) in [7, 11) is 0. The van der Waals surface area contributed by atoms with Gasteiger partial charge in [-0.2, -0.15) is 13.2 Å². The molecule has 0 radical (unpaired) electrons. The molecule has 0 fully saturated rings. The highest BCUT2D eigenvalue weighted by Gasteiger charge is 2.31. The molecule has 142 valence electrons. The van der Waals surface area contributed by atoms with Crippen LogP contribution in [0.15, 0.2) is 47.4 Å². The summed E-state index contributed by atoms with van der Waals surface area (Å²) in [6.07, 6.45) is -3.92. The maximum Gasteiger partial charge on any atom is 0.416 e. The summed E-state index contributed by atoms with van der Waals surface area (Å²) < 4.78 is 38.2. The second-order valence-corrected chi connectivity index (χ2v) is 7.45. The van der Waals surface area contributed by atoms with Crippen LogP contribution in [0.1, 0.15) is 23.6 Å². The van der Waals surface area contributed by atoms with Gasteiger partial charge in [-0.3, -0.25) is 9.59 Å². The standard InChI is InChI=1S/C18H14ClF3N2O2S/c19-11-4-5-15-13(9-11)14(6-7-27-15)24-17(26)16(25)23-12-3-1-2-10(8-12)18(20,21)22/h1-5,8-9,14H,6-7H2,(H,23,25)(H,24,26)/t14-/m0/s1. The molecule has 9 heteroatoms. The fourth-order valence-electron chi connectivity index (χ4n) is 2.70. The van der Waals surface area contributed by atoms with Crippen LogP contribution >= 0.6 is 23.4 Å². The number of carbonyl (C=O) groups is 2. The molecule has 4 nitrogen and oxygen atoms in total. The number of benzene rings is 2. The van der Waals surface area contributed by atoms with Crippen molar-refractivity contribution in [3.05, 3.63) is 58.6 Å². The van der Waals surface area contributed by atoms with E-state index in [-0.39, 0.29) is 11.7 Å². The van der Waals surface area contributed by atoms with Crippen LogP contribution < -0.4 is 10.6 Å². The minimum absolute atomic E-state index is 0.104. The monoisotopic (exact) mass is 414 g/mol. The number of carbonyl (C=O) groups excluding carboxylic acids is 2. The Hall–Kier alpha value is -2.19. The van der Waals surface area contributed by atoms with E-state index in [1.165, 1.54) is 6.07 Å². The van der Waals surface area contributed by atoms with Gasteiger partial charge < -0.3 is 10.6 Å². The van der Waals surface area contributed by atoms with Crippen LogP contribution in [0, 0.1) is 0 Å². The maximum atomic E-state index is 12.7. The van der Waals surface area contributed by atoms with Crippen molar-refractivity contribution in [3.63, 3.8) is 0 Å². The molecule has 0 bridgehead atoms. The van der Waals surface area contributed by atoms with Crippen molar-refractivity contribution in [2.75, 3.05) is 11.1 Å². The summed E-state index contributed by atoms with van der Waals surface area (Å²) in [5.41, 5.74) is -0.194. The Bertz CT molecular complexity index is 889. The molecule has 2 aromatic carbocycles. The lowest BCUT2D eigenvalue weighted by Gasteiger charge is -2.26. The number of rotatable bonds is 2. The first-order valence-electron chi connectivity index (χ1n) is 7.95. The van der Waals surface area contributed by atoms with Gasteiger partial charge in [0, 0.05) is 21.4 Å². The zero-order chi connectivity index (χ0) is 19.6. The predicted octanol–water partition coefficient (Wildman–Crippen LogP) is 4.65. The molecule has 0 unspecified atom stereocenters. The van der Waals surface area contributed by atoms with Gasteiger partial charge in [0.15, 0.2) is 0 Å². The molecule has 2 aromatic rings. The second kappa shape index (κ2) is 7.82. The first-order chi connectivity index (χ1) is 12.7. The predicted molar refractivity (Wildman–Crippen MR) is 97.8 cm³/mol. The third-order valence-corrected chi connectivity index (χ3v) is 5.33. The quantitative estimate of drug-likeness (QED) is 0.703. The molecule has 27 heavy (non-hydrogen) atoms. The molecule has 3 rings (SSSR count). The Kier molecular flexibility index (Phi) is 5.67. The van der Waals surface area contributed by atoms with E-state index < -0.39 is 23.6 Å². The number of hydrogen-bond donors (Lipinski definition) is 2. The number of nitrogens with one attached hydrogen (secondary N) is 2. The molecule has 0 aromatic heterocycles. The van der Waals surface area contributed by atoms with Crippen LogP contribution in [-0.4, -0.2) is 17.6 Å². The van der Waals surface area contributed by atoms with Crippen LogP contribution in [0.5, 0.6) is 0 Å². The maximum absolute atomic E-state index is 12.7. The van der Waals surface area contributed by atoms with E-state index in [9.17, 15) is 22.8 Å². The molecular formula is C18H14ClF3N2O2S. The molecule has 1 heterocycles. The minimum Gasteiger partial charge on any atom is -0.341 e. The number of hydrogen-bond acceptors (Lipinski definition) is 3. The van der Waals surface area contributed by atoms with Gasteiger partial charge in [0.25, 0.3) is 0 Å². The molecule has 0 saturated heterocycles. The van der Waals surface area contributed by atoms with Gasteiger partial charge in [-0.25, -0.2) is 0 Å². The topological polar surface area (TPSA) is 58.2 Å². The zero-order valence-corrected chi connectivity index (χ0v) is 15.3.